The van der Waals surface area contributed by atoms with Crippen molar-refractivity contribution in [2.45, 2.75) is 6.42 Å². The minimum Gasteiger partial charge on any atom is -0.490 e. The van der Waals surface area contributed by atoms with Gasteiger partial charge in [-0.2, -0.15) is 0 Å². The Kier molecular flexibility index (Phi) is 6.40. The molecule has 2 rings (SSSR count). The highest BCUT2D eigenvalue weighted by Crippen LogP contribution is 2.12. The normalized spacial score (nSPS) is 9.88. The number of nitrogens with one attached hydrogen (secondary N) is 2. The van der Waals surface area contributed by atoms with Gasteiger partial charge in [0.15, 0.2) is 0 Å². The van der Waals surface area contributed by atoms with Crippen LogP contribution >= 0.6 is 11.6 Å². The Balaban J connectivity index is 1.82. The maximum absolute atomic E-state index is 12.0. The number of hydrazine groups is 1. The van der Waals surface area contributed by atoms with Crippen molar-refractivity contribution in [3.63, 3.8) is 0 Å². The summed E-state index contributed by atoms with van der Waals surface area (Å²) in [5, 5.41) is 0.605. The van der Waals surface area contributed by atoms with Crippen LogP contribution in [0.2, 0.25) is 5.02 Å². The first-order valence-electron chi connectivity index (χ1n) is 7.26. The lowest BCUT2D eigenvalue weighted by Gasteiger charge is -2.08. The molecule has 0 aromatic heterocycles. The molecule has 2 amide bonds. The smallest absolute Gasteiger partial charge is 0.269 e. The highest BCUT2D eigenvalue weighted by Gasteiger charge is 2.08. The van der Waals surface area contributed by atoms with Gasteiger partial charge < -0.3 is 4.74 Å². The number of benzene rings is 2. The number of amides is 2. The number of halogens is 1. The molecule has 2 N–H and O–H groups in total. The quantitative estimate of drug-likeness (QED) is 0.625. The minimum absolute atomic E-state index is 0.145. The van der Waals surface area contributed by atoms with E-state index in [9.17, 15) is 9.59 Å². The fraction of sp³-hybridized carbons (Fsp3) is 0.111. The fourth-order valence-electron chi connectivity index (χ4n) is 1.89. The summed E-state index contributed by atoms with van der Waals surface area (Å²) >= 11 is 5.79. The van der Waals surface area contributed by atoms with E-state index in [1.165, 1.54) is 0 Å². The van der Waals surface area contributed by atoms with Crippen LogP contribution in [0.15, 0.2) is 61.2 Å². The monoisotopic (exact) mass is 344 g/mol. The summed E-state index contributed by atoms with van der Waals surface area (Å²) < 4.78 is 5.33. The summed E-state index contributed by atoms with van der Waals surface area (Å²) in [6.45, 7) is 3.96. The summed E-state index contributed by atoms with van der Waals surface area (Å²) in [5.41, 5.74) is 5.96. The van der Waals surface area contributed by atoms with E-state index in [-0.39, 0.29) is 12.3 Å². The highest BCUT2D eigenvalue weighted by atomic mass is 35.5. The van der Waals surface area contributed by atoms with Gasteiger partial charge in [-0.1, -0.05) is 36.4 Å². The largest absolute Gasteiger partial charge is 0.490 e. The lowest BCUT2D eigenvalue weighted by molar-refractivity contribution is -0.121. The molecule has 0 radical (unpaired) electrons. The molecular formula is C18H17ClN2O3. The molecule has 0 aliphatic heterocycles. The Hall–Kier alpha value is -2.79. The standard InChI is InChI=1S/C18H17ClN2O3/c1-2-11-24-16-9-5-14(6-10-16)18(23)21-20-17(22)12-13-3-7-15(19)8-4-13/h2-10H,1,11-12H2,(H,20,22)(H,21,23). The van der Waals surface area contributed by atoms with Gasteiger partial charge in [-0.05, 0) is 42.0 Å². The van der Waals surface area contributed by atoms with Gasteiger partial charge in [0.1, 0.15) is 12.4 Å². The van der Waals surface area contributed by atoms with Gasteiger partial charge in [-0.25, -0.2) is 0 Å². The summed E-state index contributed by atoms with van der Waals surface area (Å²) in [4.78, 5) is 23.8. The molecule has 5 nitrogen and oxygen atoms in total. The van der Waals surface area contributed by atoms with E-state index in [0.29, 0.717) is 22.9 Å². The second-order valence-corrected chi connectivity index (χ2v) is 5.37. The second kappa shape index (κ2) is 8.74. The zero-order valence-corrected chi connectivity index (χ0v) is 13.7. The van der Waals surface area contributed by atoms with Crippen molar-refractivity contribution in [2.75, 3.05) is 6.61 Å². The van der Waals surface area contributed by atoms with E-state index in [2.05, 4.69) is 17.4 Å². The summed E-state index contributed by atoms with van der Waals surface area (Å²) in [6.07, 6.45) is 1.78. The molecule has 0 aliphatic rings. The lowest BCUT2D eigenvalue weighted by Crippen LogP contribution is -2.42. The molecule has 0 atom stereocenters. The van der Waals surface area contributed by atoms with Gasteiger partial charge in [-0.15, -0.1) is 0 Å². The third-order valence-corrected chi connectivity index (χ3v) is 3.33. The van der Waals surface area contributed by atoms with Crippen molar-refractivity contribution in [3.8, 4) is 5.75 Å². The first kappa shape index (κ1) is 17.6. The van der Waals surface area contributed by atoms with Crippen molar-refractivity contribution < 1.29 is 14.3 Å². The van der Waals surface area contributed by atoms with E-state index in [0.717, 1.165) is 5.56 Å². The van der Waals surface area contributed by atoms with Gasteiger partial charge in [-0.3, -0.25) is 20.4 Å². The Bertz CT molecular complexity index is 712. The van der Waals surface area contributed by atoms with Crippen LogP contribution in [0.5, 0.6) is 5.75 Å². The number of carbonyl (C=O) groups excluding carboxylic acids is 2. The second-order valence-electron chi connectivity index (χ2n) is 4.93. The molecule has 6 heteroatoms. The summed E-state index contributed by atoms with van der Waals surface area (Å²) in [5.74, 6) is -0.0930. The van der Waals surface area contributed by atoms with Gasteiger partial charge >= 0.3 is 0 Å². The van der Waals surface area contributed by atoms with Crippen molar-refractivity contribution >= 4 is 23.4 Å². The predicted octanol–water partition coefficient (Wildman–Crippen LogP) is 2.91. The molecule has 0 fully saturated rings. The summed E-state index contributed by atoms with van der Waals surface area (Å²) in [7, 11) is 0. The first-order chi connectivity index (χ1) is 11.6. The molecule has 124 valence electrons. The SMILES string of the molecule is C=CCOc1ccc(C(=O)NNC(=O)Cc2ccc(Cl)cc2)cc1. The van der Waals surface area contributed by atoms with Crippen molar-refractivity contribution in [3.05, 3.63) is 77.3 Å². The Morgan fingerprint density at radius 3 is 2.33 bits per heavy atom. The van der Waals surface area contributed by atoms with Crippen LogP contribution in [0.4, 0.5) is 0 Å². The van der Waals surface area contributed by atoms with Crippen molar-refractivity contribution in [1.29, 1.82) is 0 Å². The van der Waals surface area contributed by atoms with E-state index in [1.54, 1.807) is 54.6 Å². The van der Waals surface area contributed by atoms with Crippen LogP contribution in [0.25, 0.3) is 0 Å². The van der Waals surface area contributed by atoms with Crippen LogP contribution in [0.1, 0.15) is 15.9 Å². The fourth-order valence-corrected chi connectivity index (χ4v) is 2.01. The van der Waals surface area contributed by atoms with E-state index in [1.807, 2.05) is 0 Å². The molecular weight excluding hydrogens is 328 g/mol. The topological polar surface area (TPSA) is 67.4 Å². The van der Waals surface area contributed by atoms with Gasteiger partial charge in [0, 0.05) is 10.6 Å². The Labute approximate surface area is 145 Å². The Morgan fingerprint density at radius 2 is 1.71 bits per heavy atom. The van der Waals surface area contributed by atoms with E-state index in [4.69, 9.17) is 16.3 Å². The van der Waals surface area contributed by atoms with Crippen molar-refractivity contribution in [1.82, 2.24) is 10.9 Å². The minimum atomic E-state index is -0.408. The molecule has 0 spiro atoms. The van der Waals surface area contributed by atoms with E-state index < -0.39 is 5.91 Å². The van der Waals surface area contributed by atoms with Gasteiger partial charge in [0.05, 0.1) is 6.42 Å². The number of carbonyl (C=O) groups is 2. The van der Waals surface area contributed by atoms with Crippen molar-refractivity contribution in [2.24, 2.45) is 0 Å². The predicted molar refractivity (Wildman–Crippen MR) is 92.9 cm³/mol. The van der Waals surface area contributed by atoms with Gasteiger partial charge in [0.2, 0.25) is 5.91 Å². The zero-order valence-electron chi connectivity index (χ0n) is 12.9. The Morgan fingerprint density at radius 1 is 1.04 bits per heavy atom. The molecule has 24 heavy (non-hydrogen) atoms. The highest BCUT2D eigenvalue weighted by molar-refractivity contribution is 6.30. The average molecular weight is 345 g/mol. The number of rotatable bonds is 6. The molecule has 0 bridgehead atoms. The van der Waals surface area contributed by atoms with Crippen LogP contribution in [-0.2, 0) is 11.2 Å². The molecule has 2 aromatic rings. The number of ether oxygens (including phenoxy) is 1. The van der Waals surface area contributed by atoms with Crippen LogP contribution in [-0.4, -0.2) is 18.4 Å². The van der Waals surface area contributed by atoms with E-state index >= 15 is 0 Å². The molecule has 0 unspecified atom stereocenters. The number of hydrogen-bond donors (Lipinski definition) is 2. The first-order valence-corrected chi connectivity index (χ1v) is 7.63. The molecule has 0 aliphatic carbocycles. The average Bonchev–Trinajstić information content (AvgIpc) is 2.60. The molecule has 0 heterocycles. The van der Waals surface area contributed by atoms with Gasteiger partial charge in [0.25, 0.3) is 5.91 Å². The number of hydrogen-bond acceptors (Lipinski definition) is 3. The molecule has 0 saturated carbocycles. The van der Waals surface area contributed by atoms with Crippen LogP contribution in [0.3, 0.4) is 0 Å². The maximum Gasteiger partial charge on any atom is 0.269 e. The maximum atomic E-state index is 12.0. The third kappa shape index (κ3) is 5.44. The van der Waals surface area contributed by atoms with Crippen LogP contribution in [0, 0.1) is 0 Å². The summed E-state index contributed by atoms with van der Waals surface area (Å²) in [6, 6.07) is 13.5. The molecule has 2 aromatic carbocycles. The molecule has 0 saturated heterocycles. The lowest BCUT2D eigenvalue weighted by atomic mass is 10.1. The zero-order chi connectivity index (χ0) is 17.4. The third-order valence-electron chi connectivity index (χ3n) is 3.08. The van der Waals surface area contributed by atoms with Crippen LogP contribution < -0.4 is 15.6 Å².